The number of piperidine rings is 2. The molecule has 2 fully saturated rings. The van der Waals surface area contributed by atoms with Gasteiger partial charge in [-0.2, -0.15) is 5.10 Å². The first-order chi connectivity index (χ1) is 8.81. The summed E-state index contributed by atoms with van der Waals surface area (Å²) in [6, 6.07) is 0.777. The van der Waals surface area contributed by atoms with Gasteiger partial charge >= 0.3 is 0 Å². The van der Waals surface area contributed by atoms with E-state index in [4.69, 9.17) is 5.73 Å². The average molecular weight is 251 g/mol. The summed E-state index contributed by atoms with van der Waals surface area (Å²) in [5.41, 5.74) is 5.97. The lowest BCUT2D eigenvalue weighted by atomic mass is 9.93. The molecule has 2 aliphatic rings. The number of likely N-dealkylation sites (tertiary alicyclic amines) is 1. The van der Waals surface area contributed by atoms with Crippen LogP contribution in [-0.4, -0.2) is 49.2 Å². The summed E-state index contributed by atoms with van der Waals surface area (Å²) in [6.07, 6.45) is 6.50. The van der Waals surface area contributed by atoms with E-state index in [0.717, 1.165) is 32.0 Å². The molecule has 0 spiro atoms. The van der Waals surface area contributed by atoms with E-state index in [1.165, 1.54) is 25.9 Å². The van der Waals surface area contributed by atoms with Crippen molar-refractivity contribution in [3.63, 3.8) is 0 Å². The van der Waals surface area contributed by atoms with Gasteiger partial charge in [-0.25, -0.2) is 0 Å². The van der Waals surface area contributed by atoms with Crippen molar-refractivity contribution in [3.8, 4) is 0 Å². The SMILES string of the molecule is C/C=N\N=C(/N)C1CCN(C2CCNCC2)CC1. The number of nitrogens with zero attached hydrogens (tertiary/aromatic N) is 3. The van der Waals surface area contributed by atoms with Gasteiger partial charge in [-0.15, -0.1) is 5.10 Å². The van der Waals surface area contributed by atoms with Crippen molar-refractivity contribution in [1.29, 1.82) is 0 Å². The Hall–Kier alpha value is -0.940. The minimum absolute atomic E-state index is 0.423. The maximum Gasteiger partial charge on any atom is 0.125 e. The van der Waals surface area contributed by atoms with E-state index < -0.39 is 0 Å². The average Bonchev–Trinajstić information content (AvgIpc) is 2.46. The summed E-state index contributed by atoms with van der Waals surface area (Å²) in [4.78, 5) is 2.63. The third-order valence-electron chi connectivity index (χ3n) is 4.06. The minimum atomic E-state index is 0.423. The van der Waals surface area contributed by atoms with Crippen molar-refractivity contribution in [3.05, 3.63) is 0 Å². The molecular formula is C13H25N5. The number of hydrogen-bond donors (Lipinski definition) is 2. The Kier molecular flexibility index (Phi) is 5.13. The zero-order valence-electron chi connectivity index (χ0n) is 11.3. The van der Waals surface area contributed by atoms with Crippen LogP contribution in [0.25, 0.3) is 0 Å². The lowest BCUT2D eigenvalue weighted by Crippen LogP contribution is -2.47. The first kappa shape index (κ1) is 13.5. The molecular weight excluding hydrogens is 226 g/mol. The smallest absolute Gasteiger partial charge is 0.125 e. The van der Waals surface area contributed by atoms with Gasteiger partial charge in [0.05, 0.1) is 0 Å². The zero-order chi connectivity index (χ0) is 12.8. The normalized spacial score (nSPS) is 25.9. The number of amidine groups is 1. The van der Waals surface area contributed by atoms with Crippen molar-refractivity contribution in [2.45, 2.75) is 38.6 Å². The molecule has 0 atom stereocenters. The van der Waals surface area contributed by atoms with E-state index in [-0.39, 0.29) is 0 Å². The highest BCUT2D eigenvalue weighted by Crippen LogP contribution is 2.22. The third kappa shape index (κ3) is 3.53. The molecule has 0 radical (unpaired) electrons. The number of nitrogens with two attached hydrogens (primary N) is 1. The number of nitrogens with one attached hydrogen (secondary N) is 1. The molecule has 3 N–H and O–H groups in total. The Balaban J connectivity index is 1.80. The molecule has 5 nitrogen and oxygen atoms in total. The van der Waals surface area contributed by atoms with Crippen molar-refractivity contribution >= 4 is 12.1 Å². The Morgan fingerprint density at radius 3 is 2.50 bits per heavy atom. The molecule has 0 aromatic heterocycles. The summed E-state index contributed by atoms with van der Waals surface area (Å²) in [5.74, 6) is 1.13. The van der Waals surface area contributed by atoms with Crippen molar-refractivity contribution in [1.82, 2.24) is 10.2 Å². The predicted molar refractivity (Wildman–Crippen MR) is 76.0 cm³/mol. The van der Waals surface area contributed by atoms with Gasteiger partial charge in [0.2, 0.25) is 0 Å². The van der Waals surface area contributed by atoms with Crippen molar-refractivity contribution < 1.29 is 0 Å². The molecule has 0 saturated carbocycles. The van der Waals surface area contributed by atoms with Crippen LogP contribution >= 0.6 is 0 Å². The van der Waals surface area contributed by atoms with Crippen LogP contribution in [0.5, 0.6) is 0 Å². The lowest BCUT2D eigenvalue weighted by Gasteiger charge is -2.39. The van der Waals surface area contributed by atoms with Crippen LogP contribution in [0.4, 0.5) is 0 Å². The molecule has 2 heterocycles. The molecule has 0 aromatic carbocycles. The molecule has 0 bridgehead atoms. The fourth-order valence-electron chi connectivity index (χ4n) is 2.94. The quantitative estimate of drug-likeness (QED) is 0.443. The monoisotopic (exact) mass is 251 g/mol. The maximum absolute atomic E-state index is 5.97. The molecule has 0 aliphatic carbocycles. The Labute approximate surface area is 110 Å². The molecule has 0 aromatic rings. The second kappa shape index (κ2) is 6.85. The highest BCUT2D eigenvalue weighted by Gasteiger charge is 2.27. The van der Waals surface area contributed by atoms with Gasteiger partial charge in [0.25, 0.3) is 0 Å². The summed E-state index contributed by atoms with van der Waals surface area (Å²) >= 11 is 0. The molecule has 18 heavy (non-hydrogen) atoms. The van der Waals surface area contributed by atoms with Crippen LogP contribution < -0.4 is 11.1 Å². The standard InChI is InChI=1S/C13H25N5/c1-2-16-17-13(14)11-5-9-18(10-6-11)12-3-7-15-8-4-12/h2,11-12,15H,3-10H2,1H3,(H2,14,17)/b16-2-. The van der Waals surface area contributed by atoms with E-state index in [0.29, 0.717) is 11.8 Å². The Bertz CT molecular complexity index is 299. The van der Waals surface area contributed by atoms with Crippen LogP contribution in [0.2, 0.25) is 0 Å². The first-order valence-corrected chi connectivity index (χ1v) is 7.07. The first-order valence-electron chi connectivity index (χ1n) is 7.07. The maximum atomic E-state index is 5.97. The van der Waals surface area contributed by atoms with Crippen molar-refractivity contribution in [2.24, 2.45) is 21.9 Å². The second-order valence-electron chi connectivity index (χ2n) is 5.19. The van der Waals surface area contributed by atoms with E-state index in [9.17, 15) is 0 Å². The second-order valence-corrected chi connectivity index (χ2v) is 5.19. The van der Waals surface area contributed by atoms with Gasteiger partial charge in [0.15, 0.2) is 0 Å². The predicted octanol–water partition coefficient (Wildman–Crippen LogP) is 0.813. The van der Waals surface area contributed by atoms with Gasteiger partial charge < -0.3 is 16.0 Å². The summed E-state index contributed by atoms with van der Waals surface area (Å²) in [7, 11) is 0. The summed E-state index contributed by atoms with van der Waals surface area (Å²) in [6.45, 7) is 6.50. The fraction of sp³-hybridized carbons (Fsp3) is 0.846. The minimum Gasteiger partial charge on any atom is -0.385 e. The van der Waals surface area contributed by atoms with Crippen LogP contribution in [0.3, 0.4) is 0 Å². The van der Waals surface area contributed by atoms with Crippen LogP contribution in [-0.2, 0) is 0 Å². The highest BCUT2D eigenvalue weighted by molar-refractivity contribution is 5.83. The molecule has 5 heteroatoms. The molecule has 0 unspecified atom stereocenters. The zero-order valence-corrected chi connectivity index (χ0v) is 11.3. The van der Waals surface area contributed by atoms with Gasteiger partial charge in [-0.05, 0) is 58.8 Å². The highest BCUT2D eigenvalue weighted by atomic mass is 15.2. The van der Waals surface area contributed by atoms with Crippen molar-refractivity contribution in [2.75, 3.05) is 26.2 Å². The van der Waals surface area contributed by atoms with E-state index in [2.05, 4.69) is 20.4 Å². The summed E-state index contributed by atoms with van der Waals surface area (Å²) < 4.78 is 0. The number of hydrogen-bond acceptors (Lipinski definition) is 4. The van der Waals surface area contributed by atoms with Gasteiger partial charge in [0, 0.05) is 18.2 Å². The van der Waals surface area contributed by atoms with Crippen LogP contribution in [0, 0.1) is 5.92 Å². The molecule has 0 amide bonds. The summed E-state index contributed by atoms with van der Waals surface area (Å²) in [5, 5.41) is 11.3. The van der Waals surface area contributed by atoms with Gasteiger partial charge in [0.1, 0.15) is 5.84 Å². The Morgan fingerprint density at radius 1 is 1.22 bits per heavy atom. The molecule has 2 aliphatic heterocycles. The van der Waals surface area contributed by atoms with Crippen LogP contribution in [0.15, 0.2) is 10.2 Å². The molecule has 2 rings (SSSR count). The number of rotatable bonds is 3. The topological polar surface area (TPSA) is 66.0 Å². The van der Waals surface area contributed by atoms with E-state index in [1.807, 2.05) is 6.92 Å². The molecule has 2 saturated heterocycles. The van der Waals surface area contributed by atoms with Gasteiger partial charge in [-0.3, -0.25) is 0 Å². The van der Waals surface area contributed by atoms with E-state index in [1.54, 1.807) is 6.21 Å². The molecule has 102 valence electrons. The van der Waals surface area contributed by atoms with E-state index >= 15 is 0 Å². The third-order valence-corrected chi connectivity index (χ3v) is 4.06. The van der Waals surface area contributed by atoms with Crippen LogP contribution in [0.1, 0.15) is 32.6 Å². The largest absolute Gasteiger partial charge is 0.385 e. The fourth-order valence-corrected chi connectivity index (χ4v) is 2.94. The Morgan fingerprint density at radius 2 is 1.89 bits per heavy atom. The van der Waals surface area contributed by atoms with Gasteiger partial charge in [-0.1, -0.05) is 0 Å². The lowest BCUT2D eigenvalue weighted by molar-refractivity contribution is 0.124.